The Morgan fingerprint density at radius 1 is 1.60 bits per heavy atom. The Labute approximate surface area is 97.2 Å². The molecule has 0 bridgehead atoms. The van der Waals surface area contributed by atoms with Crippen molar-refractivity contribution in [1.82, 2.24) is 0 Å². The van der Waals surface area contributed by atoms with Gasteiger partial charge in [-0.2, -0.15) is 0 Å². The van der Waals surface area contributed by atoms with Gasteiger partial charge in [-0.15, -0.1) is 0 Å². The number of benzene rings is 1. The Bertz CT molecular complexity index is 363. The maximum atomic E-state index is 10.4. The van der Waals surface area contributed by atoms with Crippen LogP contribution in [0.25, 0.3) is 0 Å². The molecule has 0 heterocycles. The summed E-state index contributed by atoms with van der Waals surface area (Å²) in [6.07, 6.45) is -0.332. The van der Waals surface area contributed by atoms with Crippen molar-refractivity contribution in [3.63, 3.8) is 0 Å². The molecule has 0 saturated carbocycles. The van der Waals surface area contributed by atoms with Crippen LogP contribution >= 0.6 is 15.9 Å². The van der Waals surface area contributed by atoms with Gasteiger partial charge in [-0.25, -0.2) is 0 Å². The molecule has 4 heteroatoms. The van der Waals surface area contributed by atoms with Gasteiger partial charge in [0.2, 0.25) is 0 Å². The second-order valence-electron chi connectivity index (χ2n) is 3.46. The average Bonchev–Trinajstić information content (AvgIpc) is 2.08. The highest BCUT2D eigenvalue weighted by molar-refractivity contribution is 9.10. The summed E-state index contributed by atoms with van der Waals surface area (Å²) in [5.74, 6) is -0.180. The minimum absolute atomic E-state index is 0.000314. The summed E-state index contributed by atoms with van der Waals surface area (Å²) in [7, 11) is 0. The fourth-order valence-corrected chi connectivity index (χ4v) is 1.79. The van der Waals surface area contributed by atoms with E-state index in [0.717, 1.165) is 10.0 Å². The van der Waals surface area contributed by atoms with Crippen molar-refractivity contribution >= 4 is 21.9 Å². The fraction of sp³-hybridized carbons (Fsp3) is 0.364. The normalized spacial score (nSPS) is 12.2. The highest BCUT2D eigenvalue weighted by Gasteiger charge is 2.10. The molecule has 1 atom stereocenters. The molecule has 0 fully saturated rings. The van der Waals surface area contributed by atoms with Gasteiger partial charge in [-0.05, 0) is 47.5 Å². The number of ether oxygens (including phenoxy) is 1. The first-order valence-electron chi connectivity index (χ1n) is 4.63. The first kappa shape index (κ1) is 12.0. The molecule has 1 aromatic carbocycles. The SMILES string of the molecule is Cc1ccc(O[C@H](C)CC(=O)O)c(Br)c1. The Kier molecular flexibility index (Phi) is 4.15. The summed E-state index contributed by atoms with van der Waals surface area (Å²) in [5, 5.41) is 8.58. The lowest BCUT2D eigenvalue weighted by Gasteiger charge is -2.14. The average molecular weight is 273 g/mol. The Hall–Kier alpha value is -1.03. The van der Waals surface area contributed by atoms with Crippen molar-refractivity contribution in [1.29, 1.82) is 0 Å². The second-order valence-corrected chi connectivity index (χ2v) is 4.31. The van der Waals surface area contributed by atoms with Gasteiger partial charge in [0.05, 0.1) is 10.9 Å². The van der Waals surface area contributed by atoms with E-state index < -0.39 is 5.97 Å². The number of carbonyl (C=O) groups is 1. The van der Waals surface area contributed by atoms with Crippen LogP contribution in [-0.2, 0) is 4.79 Å². The van der Waals surface area contributed by atoms with Crippen LogP contribution in [0.3, 0.4) is 0 Å². The van der Waals surface area contributed by atoms with Gasteiger partial charge in [-0.3, -0.25) is 4.79 Å². The van der Waals surface area contributed by atoms with Crippen molar-refractivity contribution in [2.75, 3.05) is 0 Å². The quantitative estimate of drug-likeness (QED) is 0.917. The number of carboxylic acids is 1. The molecule has 0 aromatic heterocycles. The molecule has 0 aliphatic rings. The van der Waals surface area contributed by atoms with Crippen LogP contribution in [0, 0.1) is 6.92 Å². The molecular formula is C11H13BrO3. The van der Waals surface area contributed by atoms with Gasteiger partial charge < -0.3 is 9.84 Å². The maximum Gasteiger partial charge on any atom is 0.307 e. The van der Waals surface area contributed by atoms with E-state index in [0.29, 0.717) is 5.75 Å². The number of aliphatic carboxylic acids is 1. The van der Waals surface area contributed by atoms with E-state index in [1.165, 1.54) is 0 Å². The second kappa shape index (κ2) is 5.16. The molecule has 82 valence electrons. The summed E-state index contributed by atoms with van der Waals surface area (Å²) in [5.41, 5.74) is 1.13. The molecule has 0 amide bonds. The minimum atomic E-state index is -0.856. The van der Waals surface area contributed by atoms with Gasteiger partial charge in [0.25, 0.3) is 0 Å². The van der Waals surface area contributed by atoms with Crippen LogP contribution in [0.5, 0.6) is 5.75 Å². The number of hydrogen-bond donors (Lipinski definition) is 1. The van der Waals surface area contributed by atoms with E-state index in [4.69, 9.17) is 9.84 Å². The van der Waals surface area contributed by atoms with Crippen molar-refractivity contribution in [2.45, 2.75) is 26.4 Å². The standard InChI is InChI=1S/C11H13BrO3/c1-7-3-4-10(9(12)5-7)15-8(2)6-11(13)14/h3-5,8H,6H2,1-2H3,(H,13,14)/t8-/m1/s1. The molecule has 0 spiro atoms. The number of aryl methyl sites for hydroxylation is 1. The molecule has 15 heavy (non-hydrogen) atoms. The van der Waals surface area contributed by atoms with E-state index in [2.05, 4.69) is 15.9 Å². The van der Waals surface area contributed by atoms with Crippen molar-refractivity contribution in [2.24, 2.45) is 0 Å². The van der Waals surface area contributed by atoms with Crippen molar-refractivity contribution in [3.05, 3.63) is 28.2 Å². The largest absolute Gasteiger partial charge is 0.489 e. The van der Waals surface area contributed by atoms with E-state index >= 15 is 0 Å². The van der Waals surface area contributed by atoms with Gasteiger partial charge in [0.1, 0.15) is 11.9 Å². The molecule has 0 aliphatic heterocycles. The molecule has 0 radical (unpaired) electrons. The highest BCUT2D eigenvalue weighted by atomic mass is 79.9. The van der Waals surface area contributed by atoms with Gasteiger partial charge in [0, 0.05) is 0 Å². The highest BCUT2D eigenvalue weighted by Crippen LogP contribution is 2.26. The lowest BCUT2D eigenvalue weighted by Crippen LogP contribution is -2.16. The lowest BCUT2D eigenvalue weighted by atomic mass is 10.2. The summed E-state index contributed by atoms with van der Waals surface area (Å²) in [4.78, 5) is 10.4. The summed E-state index contributed by atoms with van der Waals surface area (Å²) >= 11 is 3.37. The molecular weight excluding hydrogens is 260 g/mol. The fourth-order valence-electron chi connectivity index (χ4n) is 1.21. The van der Waals surface area contributed by atoms with Crippen LogP contribution in [0.2, 0.25) is 0 Å². The lowest BCUT2D eigenvalue weighted by molar-refractivity contribution is -0.138. The summed E-state index contributed by atoms with van der Waals surface area (Å²) in [6, 6.07) is 5.69. The first-order chi connectivity index (χ1) is 6.99. The van der Waals surface area contributed by atoms with Crippen molar-refractivity contribution in [3.8, 4) is 5.75 Å². The van der Waals surface area contributed by atoms with Crippen LogP contribution < -0.4 is 4.74 Å². The number of rotatable bonds is 4. The molecule has 1 aromatic rings. The first-order valence-corrected chi connectivity index (χ1v) is 5.43. The molecule has 1 rings (SSSR count). The van der Waals surface area contributed by atoms with Gasteiger partial charge in [0.15, 0.2) is 0 Å². The predicted molar refractivity (Wildman–Crippen MR) is 61.2 cm³/mol. The smallest absolute Gasteiger partial charge is 0.307 e. The van der Waals surface area contributed by atoms with Crippen LogP contribution in [-0.4, -0.2) is 17.2 Å². The van der Waals surface area contributed by atoms with E-state index in [9.17, 15) is 4.79 Å². The third-order valence-corrected chi connectivity index (χ3v) is 2.50. The van der Waals surface area contributed by atoms with E-state index in [1.807, 2.05) is 25.1 Å². The molecule has 0 saturated heterocycles. The van der Waals surface area contributed by atoms with Gasteiger partial charge >= 0.3 is 5.97 Å². The van der Waals surface area contributed by atoms with Crippen LogP contribution in [0.15, 0.2) is 22.7 Å². The Morgan fingerprint density at radius 3 is 2.80 bits per heavy atom. The maximum absolute atomic E-state index is 10.4. The molecule has 0 unspecified atom stereocenters. The third-order valence-electron chi connectivity index (χ3n) is 1.88. The summed E-state index contributed by atoms with van der Waals surface area (Å²) in [6.45, 7) is 3.72. The third kappa shape index (κ3) is 3.91. The monoisotopic (exact) mass is 272 g/mol. The number of halogens is 1. The molecule has 0 aliphatic carbocycles. The molecule has 3 nitrogen and oxygen atoms in total. The number of hydrogen-bond acceptors (Lipinski definition) is 2. The van der Waals surface area contributed by atoms with E-state index in [-0.39, 0.29) is 12.5 Å². The van der Waals surface area contributed by atoms with Crippen LogP contribution in [0.4, 0.5) is 0 Å². The zero-order valence-corrected chi connectivity index (χ0v) is 10.2. The summed E-state index contributed by atoms with van der Waals surface area (Å²) < 4.78 is 6.33. The zero-order valence-electron chi connectivity index (χ0n) is 8.66. The van der Waals surface area contributed by atoms with Crippen LogP contribution in [0.1, 0.15) is 18.9 Å². The van der Waals surface area contributed by atoms with Gasteiger partial charge in [-0.1, -0.05) is 6.07 Å². The molecule has 1 N–H and O–H groups in total. The van der Waals surface area contributed by atoms with Crippen molar-refractivity contribution < 1.29 is 14.6 Å². The minimum Gasteiger partial charge on any atom is -0.489 e. The Morgan fingerprint density at radius 2 is 2.27 bits per heavy atom. The zero-order chi connectivity index (χ0) is 11.4. The van der Waals surface area contributed by atoms with E-state index in [1.54, 1.807) is 6.92 Å². The predicted octanol–water partition coefficient (Wildman–Crippen LogP) is 3.00. The topological polar surface area (TPSA) is 46.5 Å². The Balaban J connectivity index is 2.68. The number of carboxylic acid groups (broad SMARTS) is 1.